The topological polar surface area (TPSA) is 122 Å². The number of carbonyl (C=O) groups is 2. The Morgan fingerprint density at radius 3 is 2.33 bits per heavy atom. The van der Waals surface area contributed by atoms with E-state index in [0.29, 0.717) is 0 Å². The maximum Gasteiger partial charge on any atom is 0.346 e. The summed E-state index contributed by atoms with van der Waals surface area (Å²) in [4.78, 5) is 22.9. The minimum atomic E-state index is -3.99. The van der Waals surface area contributed by atoms with Crippen LogP contribution in [0.15, 0.2) is 23.1 Å². The lowest BCUT2D eigenvalue weighted by Crippen LogP contribution is -2.25. The van der Waals surface area contributed by atoms with Gasteiger partial charge < -0.3 is 14.2 Å². The molecule has 0 amide bonds. The van der Waals surface area contributed by atoms with Crippen LogP contribution in [0.3, 0.4) is 0 Å². The summed E-state index contributed by atoms with van der Waals surface area (Å²) in [5.74, 6) is -1.59. The molecule has 0 saturated heterocycles. The van der Waals surface area contributed by atoms with Gasteiger partial charge in [0.2, 0.25) is 10.0 Å². The van der Waals surface area contributed by atoms with Crippen molar-refractivity contribution in [3.05, 3.63) is 23.8 Å². The fourth-order valence-electron chi connectivity index (χ4n) is 1.46. The van der Waals surface area contributed by atoms with Gasteiger partial charge in [-0.05, 0) is 25.1 Å². The van der Waals surface area contributed by atoms with Gasteiger partial charge in [-0.25, -0.2) is 23.1 Å². The van der Waals surface area contributed by atoms with E-state index in [-0.39, 0.29) is 16.2 Å². The van der Waals surface area contributed by atoms with Gasteiger partial charge in [0.15, 0.2) is 6.10 Å². The van der Waals surface area contributed by atoms with Crippen LogP contribution in [0.4, 0.5) is 0 Å². The largest absolute Gasteiger partial charge is 0.496 e. The summed E-state index contributed by atoms with van der Waals surface area (Å²) in [5, 5.41) is 4.99. The highest BCUT2D eigenvalue weighted by atomic mass is 32.2. The van der Waals surface area contributed by atoms with Crippen LogP contribution in [0.5, 0.6) is 5.75 Å². The average Bonchev–Trinajstić information content (AvgIpc) is 2.44. The van der Waals surface area contributed by atoms with Crippen LogP contribution in [-0.4, -0.2) is 40.7 Å². The Morgan fingerprint density at radius 1 is 1.24 bits per heavy atom. The standard InChI is InChI=1S/C12H15NO7S/c1-7(11(14)19-3)20-12(15)9-6-8(21(13,16)17)4-5-10(9)18-2/h4-7H,1-3H3,(H2,13,16,17)/t7-/m0/s1. The lowest BCUT2D eigenvalue weighted by molar-refractivity contribution is -0.149. The van der Waals surface area contributed by atoms with Crippen molar-refractivity contribution in [2.24, 2.45) is 5.14 Å². The molecule has 8 nitrogen and oxygen atoms in total. The van der Waals surface area contributed by atoms with Crippen molar-refractivity contribution < 1.29 is 32.2 Å². The molecular weight excluding hydrogens is 302 g/mol. The third-order valence-electron chi connectivity index (χ3n) is 2.54. The fraction of sp³-hybridized carbons (Fsp3) is 0.333. The number of primary sulfonamides is 1. The molecule has 1 atom stereocenters. The number of hydrogen-bond donors (Lipinski definition) is 1. The monoisotopic (exact) mass is 317 g/mol. The van der Waals surface area contributed by atoms with Gasteiger partial charge in [-0.15, -0.1) is 0 Å². The highest BCUT2D eigenvalue weighted by molar-refractivity contribution is 7.89. The summed E-state index contributed by atoms with van der Waals surface area (Å²) in [6, 6.07) is 3.47. The molecule has 0 aliphatic heterocycles. The second kappa shape index (κ2) is 6.55. The van der Waals surface area contributed by atoms with Crippen LogP contribution in [0.2, 0.25) is 0 Å². The van der Waals surface area contributed by atoms with E-state index in [2.05, 4.69) is 4.74 Å². The maximum atomic E-state index is 12.0. The Labute approximate surface area is 121 Å². The smallest absolute Gasteiger partial charge is 0.346 e. The molecule has 21 heavy (non-hydrogen) atoms. The minimum absolute atomic E-state index is 0.0875. The van der Waals surface area contributed by atoms with E-state index in [9.17, 15) is 18.0 Å². The van der Waals surface area contributed by atoms with Gasteiger partial charge in [-0.3, -0.25) is 0 Å². The van der Waals surface area contributed by atoms with Gasteiger partial charge >= 0.3 is 11.9 Å². The van der Waals surface area contributed by atoms with E-state index in [1.165, 1.54) is 26.2 Å². The Kier molecular flexibility index (Phi) is 5.28. The average molecular weight is 317 g/mol. The van der Waals surface area contributed by atoms with Gasteiger partial charge in [-0.2, -0.15) is 0 Å². The first-order chi connectivity index (χ1) is 9.70. The number of nitrogens with two attached hydrogens (primary N) is 1. The number of rotatable bonds is 5. The highest BCUT2D eigenvalue weighted by Gasteiger charge is 2.23. The van der Waals surface area contributed by atoms with Crippen molar-refractivity contribution in [3.63, 3.8) is 0 Å². The number of methoxy groups -OCH3 is 2. The van der Waals surface area contributed by atoms with Crippen molar-refractivity contribution in [1.82, 2.24) is 0 Å². The predicted octanol–water partition coefficient (Wildman–Crippen LogP) is 0.0609. The molecule has 2 N–H and O–H groups in total. The third kappa shape index (κ3) is 4.17. The lowest BCUT2D eigenvalue weighted by atomic mass is 10.2. The Bertz CT molecular complexity index is 654. The molecule has 0 aromatic heterocycles. The van der Waals surface area contributed by atoms with Crippen LogP contribution < -0.4 is 9.88 Å². The van der Waals surface area contributed by atoms with Gasteiger partial charge in [0, 0.05) is 0 Å². The molecule has 0 radical (unpaired) electrons. The van der Waals surface area contributed by atoms with E-state index in [1.807, 2.05) is 0 Å². The van der Waals surface area contributed by atoms with E-state index >= 15 is 0 Å². The summed E-state index contributed by atoms with van der Waals surface area (Å²) in [6.07, 6.45) is -1.15. The Hall–Kier alpha value is -2.13. The van der Waals surface area contributed by atoms with Crippen molar-refractivity contribution >= 4 is 22.0 Å². The van der Waals surface area contributed by atoms with E-state index < -0.39 is 28.1 Å². The molecule has 0 heterocycles. The first-order valence-corrected chi connectivity index (χ1v) is 7.25. The van der Waals surface area contributed by atoms with E-state index in [4.69, 9.17) is 14.6 Å². The van der Waals surface area contributed by atoms with Crippen LogP contribution >= 0.6 is 0 Å². The van der Waals surface area contributed by atoms with Crippen molar-refractivity contribution in [3.8, 4) is 5.75 Å². The van der Waals surface area contributed by atoms with Crippen molar-refractivity contribution in [2.45, 2.75) is 17.9 Å². The quantitative estimate of drug-likeness (QED) is 0.762. The second-order valence-electron chi connectivity index (χ2n) is 3.98. The van der Waals surface area contributed by atoms with Crippen LogP contribution in [0, 0.1) is 0 Å². The molecule has 0 spiro atoms. The van der Waals surface area contributed by atoms with Crippen molar-refractivity contribution in [1.29, 1.82) is 0 Å². The normalized spacial score (nSPS) is 12.4. The maximum absolute atomic E-state index is 12.0. The molecule has 1 aromatic rings. The molecule has 0 aliphatic carbocycles. The summed E-state index contributed by atoms with van der Waals surface area (Å²) in [6.45, 7) is 1.32. The fourth-order valence-corrected chi connectivity index (χ4v) is 2.00. The van der Waals surface area contributed by atoms with Crippen molar-refractivity contribution in [2.75, 3.05) is 14.2 Å². The summed E-state index contributed by atoms with van der Waals surface area (Å²) in [5.41, 5.74) is -0.167. The predicted molar refractivity (Wildman–Crippen MR) is 71.3 cm³/mol. The molecule has 0 aliphatic rings. The number of esters is 2. The molecule has 1 aromatic carbocycles. The number of benzene rings is 1. The molecular formula is C12H15NO7S. The van der Waals surface area contributed by atoms with E-state index in [1.54, 1.807) is 0 Å². The van der Waals surface area contributed by atoms with Gasteiger partial charge in [0.25, 0.3) is 0 Å². The lowest BCUT2D eigenvalue weighted by Gasteiger charge is -2.13. The van der Waals surface area contributed by atoms with Crippen LogP contribution in [-0.2, 0) is 24.3 Å². The van der Waals surface area contributed by atoms with Gasteiger partial charge in [0.05, 0.1) is 19.1 Å². The van der Waals surface area contributed by atoms with E-state index in [0.717, 1.165) is 13.2 Å². The molecule has 0 fully saturated rings. The number of ether oxygens (including phenoxy) is 3. The van der Waals surface area contributed by atoms with Gasteiger partial charge in [0.1, 0.15) is 11.3 Å². The number of sulfonamides is 1. The van der Waals surface area contributed by atoms with Gasteiger partial charge in [-0.1, -0.05) is 0 Å². The second-order valence-corrected chi connectivity index (χ2v) is 5.54. The molecule has 0 bridgehead atoms. The SMILES string of the molecule is COC(=O)[C@H](C)OC(=O)c1cc(S(N)(=O)=O)ccc1OC. The summed E-state index contributed by atoms with van der Waals surface area (Å²) >= 11 is 0. The summed E-state index contributed by atoms with van der Waals surface area (Å²) < 4.78 is 36.8. The first-order valence-electron chi connectivity index (χ1n) is 5.70. The molecule has 0 unspecified atom stereocenters. The number of hydrogen-bond acceptors (Lipinski definition) is 7. The van der Waals surface area contributed by atoms with Crippen LogP contribution in [0.25, 0.3) is 0 Å². The molecule has 0 saturated carbocycles. The zero-order chi connectivity index (χ0) is 16.2. The molecule has 1 rings (SSSR count). The first kappa shape index (κ1) is 16.9. The molecule has 116 valence electrons. The van der Waals surface area contributed by atoms with Crippen LogP contribution in [0.1, 0.15) is 17.3 Å². The third-order valence-corrected chi connectivity index (χ3v) is 3.45. The Morgan fingerprint density at radius 2 is 1.86 bits per heavy atom. The molecule has 9 heteroatoms. The number of carbonyl (C=O) groups excluding carboxylic acids is 2. The highest BCUT2D eigenvalue weighted by Crippen LogP contribution is 2.23. The minimum Gasteiger partial charge on any atom is -0.496 e. The Balaban J connectivity index is 3.15. The zero-order valence-corrected chi connectivity index (χ0v) is 12.5. The summed E-state index contributed by atoms with van der Waals surface area (Å²) in [7, 11) is -1.54. The zero-order valence-electron chi connectivity index (χ0n) is 11.7.